The SMILES string of the molecule is NC(COc1ccccc1Cl)c1ccc(Cl)s1. The first-order valence-corrected chi connectivity index (χ1v) is 6.62. The van der Waals surface area contributed by atoms with E-state index in [1.807, 2.05) is 30.3 Å². The van der Waals surface area contributed by atoms with Crippen molar-refractivity contribution in [1.82, 2.24) is 0 Å². The van der Waals surface area contributed by atoms with Gasteiger partial charge in [0.2, 0.25) is 0 Å². The molecule has 0 bridgehead atoms. The molecule has 0 radical (unpaired) electrons. The summed E-state index contributed by atoms with van der Waals surface area (Å²) in [7, 11) is 0. The number of ether oxygens (including phenoxy) is 1. The standard InChI is InChI=1S/C12H11Cl2NOS/c13-8-3-1-2-4-10(8)16-7-9(15)11-5-6-12(14)17-11/h1-6,9H,7,15H2. The van der Waals surface area contributed by atoms with Gasteiger partial charge in [0.25, 0.3) is 0 Å². The highest BCUT2D eigenvalue weighted by atomic mass is 35.5. The van der Waals surface area contributed by atoms with E-state index in [9.17, 15) is 0 Å². The largest absolute Gasteiger partial charge is 0.490 e. The first-order valence-electron chi connectivity index (χ1n) is 5.05. The zero-order valence-corrected chi connectivity index (χ0v) is 11.2. The molecule has 1 unspecified atom stereocenters. The van der Waals surface area contributed by atoms with Crippen LogP contribution in [-0.2, 0) is 0 Å². The second-order valence-electron chi connectivity index (χ2n) is 3.49. The zero-order chi connectivity index (χ0) is 12.3. The van der Waals surface area contributed by atoms with Gasteiger partial charge in [0.1, 0.15) is 12.4 Å². The van der Waals surface area contributed by atoms with Crippen molar-refractivity contribution < 1.29 is 4.74 Å². The summed E-state index contributed by atoms with van der Waals surface area (Å²) in [5.41, 5.74) is 5.99. The van der Waals surface area contributed by atoms with Crippen molar-refractivity contribution in [2.24, 2.45) is 5.73 Å². The number of benzene rings is 1. The topological polar surface area (TPSA) is 35.2 Å². The van der Waals surface area contributed by atoms with Crippen LogP contribution in [0.4, 0.5) is 0 Å². The van der Waals surface area contributed by atoms with Crippen LogP contribution in [0.5, 0.6) is 5.75 Å². The van der Waals surface area contributed by atoms with E-state index in [4.69, 9.17) is 33.7 Å². The van der Waals surface area contributed by atoms with Gasteiger partial charge >= 0.3 is 0 Å². The molecule has 1 atom stereocenters. The Balaban J connectivity index is 1.97. The Morgan fingerprint density at radius 3 is 2.59 bits per heavy atom. The van der Waals surface area contributed by atoms with Crippen LogP contribution in [0.1, 0.15) is 10.9 Å². The molecule has 2 nitrogen and oxygen atoms in total. The Morgan fingerprint density at radius 2 is 1.94 bits per heavy atom. The van der Waals surface area contributed by atoms with Gasteiger partial charge in [0.05, 0.1) is 15.4 Å². The summed E-state index contributed by atoms with van der Waals surface area (Å²) >= 11 is 13.3. The molecule has 90 valence electrons. The first-order chi connectivity index (χ1) is 8.16. The van der Waals surface area contributed by atoms with Crippen LogP contribution in [0.15, 0.2) is 36.4 Å². The lowest BCUT2D eigenvalue weighted by atomic mass is 10.3. The van der Waals surface area contributed by atoms with Crippen molar-refractivity contribution in [2.45, 2.75) is 6.04 Å². The van der Waals surface area contributed by atoms with Crippen molar-refractivity contribution in [3.8, 4) is 5.75 Å². The summed E-state index contributed by atoms with van der Waals surface area (Å²) in [6.07, 6.45) is 0. The van der Waals surface area contributed by atoms with E-state index < -0.39 is 0 Å². The molecule has 2 rings (SSSR count). The third-order valence-electron chi connectivity index (χ3n) is 2.21. The Morgan fingerprint density at radius 1 is 1.18 bits per heavy atom. The van der Waals surface area contributed by atoms with Gasteiger partial charge in [-0.3, -0.25) is 0 Å². The van der Waals surface area contributed by atoms with Gasteiger partial charge in [-0.1, -0.05) is 35.3 Å². The minimum absolute atomic E-state index is 0.191. The fourth-order valence-electron chi connectivity index (χ4n) is 1.35. The summed E-state index contributed by atoms with van der Waals surface area (Å²) in [6, 6.07) is 10.9. The number of thiophene rings is 1. The minimum atomic E-state index is -0.191. The number of rotatable bonds is 4. The summed E-state index contributed by atoms with van der Waals surface area (Å²) in [4.78, 5) is 1.00. The van der Waals surface area contributed by atoms with Crippen molar-refractivity contribution in [3.63, 3.8) is 0 Å². The van der Waals surface area contributed by atoms with Gasteiger partial charge in [0.15, 0.2) is 0 Å². The predicted octanol–water partition coefficient (Wildman–Crippen LogP) is 4.13. The van der Waals surface area contributed by atoms with Crippen LogP contribution < -0.4 is 10.5 Å². The van der Waals surface area contributed by atoms with E-state index in [0.717, 1.165) is 9.21 Å². The fourth-order valence-corrected chi connectivity index (χ4v) is 2.59. The molecule has 0 aliphatic rings. The fraction of sp³-hybridized carbons (Fsp3) is 0.167. The van der Waals surface area contributed by atoms with Gasteiger partial charge < -0.3 is 10.5 Å². The van der Waals surface area contributed by atoms with Crippen molar-refractivity contribution in [3.05, 3.63) is 50.6 Å². The average molecular weight is 288 g/mol. The van der Waals surface area contributed by atoms with Crippen molar-refractivity contribution in [1.29, 1.82) is 0 Å². The number of hydrogen-bond donors (Lipinski definition) is 1. The van der Waals surface area contributed by atoms with Gasteiger partial charge in [-0.25, -0.2) is 0 Å². The Bertz CT molecular complexity index is 501. The minimum Gasteiger partial charge on any atom is -0.490 e. The maximum atomic E-state index is 5.99. The third kappa shape index (κ3) is 3.36. The first kappa shape index (κ1) is 12.7. The van der Waals surface area contributed by atoms with Crippen LogP contribution in [0, 0.1) is 0 Å². The van der Waals surface area contributed by atoms with Crippen molar-refractivity contribution in [2.75, 3.05) is 6.61 Å². The molecule has 17 heavy (non-hydrogen) atoms. The monoisotopic (exact) mass is 287 g/mol. The molecule has 0 saturated heterocycles. The number of halogens is 2. The van der Waals surface area contributed by atoms with E-state index in [2.05, 4.69) is 0 Å². The normalized spacial score (nSPS) is 12.4. The molecule has 2 N–H and O–H groups in total. The Labute approximate surface area is 114 Å². The maximum Gasteiger partial charge on any atom is 0.137 e. The Kier molecular flexibility index (Phi) is 4.29. The lowest BCUT2D eigenvalue weighted by Gasteiger charge is -2.12. The molecule has 0 fully saturated rings. The molecule has 0 saturated carbocycles. The van der Waals surface area contributed by atoms with E-state index in [0.29, 0.717) is 17.4 Å². The molecule has 2 aromatic rings. The van der Waals surface area contributed by atoms with Crippen LogP contribution in [-0.4, -0.2) is 6.61 Å². The number of para-hydroxylation sites is 1. The highest BCUT2D eigenvalue weighted by Gasteiger charge is 2.10. The lowest BCUT2D eigenvalue weighted by molar-refractivity contribution is 0.292. The summed E-state index contributed by atoms with van der Waals surface area (Å²) in [6.45, 7) is 0.376. The van der Waals surface area contributed by atoms with Crippen LogP contribution >= 0.6 is 34.5 Å². The van der Waals surface area contributed by atoms with Gasteiger partial charge in [-0.05, 0) is 24.3 Å². The number of hydrogen-bond acceptors (Lipinski definition) is 3. The van der Waals surface area contributed by atoms with Gasteiger partial charge in [-0.15, -0.1) is 11.3 Å². The lowest BCUT2D eigenvalue weighted by Crippen LogP contribution is -2.17. The predicted molar refractivity (Wildman–Crippen MR) is 73.2 cm³/mol. The van der Waals surface area contributed by atoms with E-state index in [1.54, 1.807) is 6.07 Å². The summed E-state index contributed by atoms with van der Waals surface area (Å²) in [5.74, 6) is 0.646. The average Bonchev–Trinajstić information content (AvgIpc) is 2.74. The molecule has 1 heterocycles. The molecular weight excluding hydrogens is 277 g/mol. The highest BCUT2D eigenvalue weighted by Crippen LogP contribution is 2.28. The van der Waals surface area contributed by atoms with Gasteiger partial charge in [0, 0.05) is 4.88 Å². The van der Waals surface area contributed by atoms with Crippen LogP contribution in [0.2, 0.25) is 9.36 Å². The molecule has 1 aromatic carbocycles. The third-order valence-corrected chi connectivity index (χ3v) is 3.89. The molecule has 0 aliphatic heterocycles. The quantitative estimate of drug-likeness (QED) is 0.918. The Hall–Kier alpha value is -0.740. The smallest absolute Gasteiger partial charge is 0.137 e. The second kappa shape index (κ2) is 5.74. The van der Waals surface area contributed by atoms with Crippen molar-refractivity contribution >= 4 is 34.5 Å². The van der Waals surface area contributed by atoms with Crippen LogP contribution in [0.25, 0.3) is 0 Å². The zero-order valence-electron chi connectivity index (χ0n) is 8.90. The highest BCUT2D eigenvalue weighted by molar-refractivity contribution is 7.16. The van der Waals surface area contributed by atoms with E-state index >= 15 is 0 Å². The van der Waals surface area contributed by atoms with E-state index in [-0.39, 0.29) is 6.04 Å². The molecule has 1 aromatic heterocycles. The van der Waals surface area contributed by atoms with Gasteiger partial charge in [-0.2, -0.15) is 0 Å². The molecular formula is C12H11Cl2NOS. The maximum absolute atomic E-state index is 5.99. The second-order valence-corrected chi connectivity index (χ2v) is 5.64. The molecule has 0 aliphatic carbocycles. The van der Waals surface area contributed by atoms with Crippen LogP contribution in [0.3, 0.4) is 0 Å². The molecule has 5 heteroatoms. The number of nitrogens with two attached hydrogens (primary N) is 1. The summed E-state index contributed by atoms with van der Waals surface area (Å²) in [5, 5.41) is 0.587. The summed E-state index contributed by atoms with van der Waals surface area (Å²) < 4.78 is 6.30. The van der Waals surface area contributed by atoms with E-state index in [1.165, 1.54) is 11.3 Å². The molecule has 0 spiro atoms. The molecule has 0 amide bonds.